The molecule has 1 aliphatic carbocycles. The molecule has 0 spiro atoms. The van der Waals surface area contributed by atoms with Crippen LogP contribution in [-0.4, -0.2) is 57.8 Å². The van der Waals surface area contributed by atoms with Crippen LogP contribution in [0.1, 0.15) is 71.2 Å². The number of pyridine rings is 1. The van der Waals surface area contributed by atoms with E-state index in [0.29, 0.717) is 24.5 Å². The zero-order valence-corrected chi connectivity index (χ0v) is 26.0. The van der Waals surface area contributed by atoms with Crippen molar-refractivity contribution < 1.29 is 29.0 Å². The summed E-state index contributed by atoms with van der Waals surface area (Å²) in [7, 11) is 0. The molecule has 44 heavy (non-hydrogen) atoms. The minimum atomic E-state index is -0.957. The quantitative estimate of drug-likeness (QED) is 0.225. The predicted octanol–water partition coefficient (Wildman–Crippen LogP) is 6.78. The lowest BCUT2D eigenvalue weighted by atomic mass is 9.95. The summed E-state index contributed by atoms with van der Waals surface area (Å²) in [5.41, 5.74) is 2.84. The number of benzene rings is 2. The van der Waals surface area contributed by atoms with Crippen LogP contribution in [0.25, 0.3) is 21.3 Å². The minimum absolute atomic E-state index is 0.0812. The van der Waals surface area contributed by atoms with Crippen LogP contribution < -0.4 is 10.1 Å². The lowest BCUT2D eigenvalue weighted by molar-refractivity contribution is -0.0141. The summed E-state index contributed by atoms with van der Waals surface area (Å²) in [5, 5.41) is 13.7. The first-order valence-electron chi connectivity index (χ1n) is 14.7. The number of ether oxygens (including phenoxy) is 2. The second-order valence-corrected chi connectivity index (χ2v) is 13.6. The zero-order chi connectivity index (χ0) is 31.2. The van der Waals surface area contributed by atoms with Crippen molar-refractivity contribution in [2.24, 2.45) is 0 Å². The van der Waals surface area contributed by atoms with Gasteiger partial charge >= 0.3 is 12.1 Å². The summed E-state index contributed by atoms with van der Waals surface area (Å²) >= 11 is 1.22. The molecule has 3 heterocycles. The van der Waals surface area contributed by atoms with Crippen LogP contribution in [0, 0.1) is 6.92 Å². The van der Waals surface area contributed by atoms with E-state index in [-0.39, 0.29) is 22.9 Å². The first-order chi connectivity index (χ1) is 20.9. The monoisotopic (exact) mass is 613 g/mol. The number of likely N-dealkylation sites (tertiary alicyclic amines) is 1. The van der Waals surface area contributed by atoms with Gasteiger partial charge < -0.3 is 24.8 Å². The Morgan fingerprint density at radius 1 is 1.11 bits per heavy atom. The van der Waals surface area contributed by atoms with Gasteiger partial charge in [-0.15, -0.1) is 11.3 Å². The molecule has 4 aromatic rings. The Hall–Kier alpha value is -4.44. The number of nitrogens with zero attached hydrogens (tertiary/aromatic N) is 2. The Kier molecular flexibility index (Phi) is 7.57. The third kappa shape index (κ3) is 5.99. The van der Waals surface area contributed by atoms with Crippen LogP contribution in [0.2, 0.25) is 0 Å². The van der Waals surface area contributed by atoms with E-state index in [0.717, 1.165) is 51.7 Å². The largest absolute Gasteiger partial charge is 0.491 e. The highest BCUT2D eigenvalue weighted by atomic mass is 32.1. The summed E-state index contributed by atoms with van der Waals surface area (Å²) in [5.74, 6) is -0.595. The van der Waals surface area contributed by atoms with Gasteiger partial charge in [0.05, 0.1) is 17.1 Å². The van der Waals surface area contributed by atoms with Gasteiger partial charge in [0, 0.05) is 28.6 Å². The molecule has 228 valence electrons. The number of nitrogens with one attached hydrogen (secondary N) is 1. The van der Waals surface area contributed by atoms with Gasteiger partial charge in [-0.25, -0.2) is 9.59 Å². The van der Waals surface area contributed by atoms with Crippen molar-refractivity contribution in [3.63, 3.8) is 0 Å². The molecule has 2 fully saturated rings. The lowest BCUT2D eigenvalue weighted by Crippen LogP contribution is -2.55. The molecule has 1 aliphatic heterocycles. The van der Waals surface area contributed by atoms with Gasteiger partial charge in [0.25, 0.3) is 5.91 Å². The summed E-state index contributed by atoms with van der Waals surface area (Å²) in [6.45, 7) is 8.37. The van der Waals surface area contributed by atoms with Crippen LogP contribution in [-0.2, 0) is 10.3 Å². The molecule has 1 saturated carbocycles. The fourth-order valence-corrected chi connectivity index (χ4v) is 6.34. The molecular weight excluding hydrogens is 578 g/mol. The van der Waals surface area contributed by atoms with E-state index in [1.54, 1.807) is 23.2 Å². The molecule has 2 N–H and O–H groups in total. The Balaban J connectivity index is 1.21. The third-order valence-electron chi connectivity index (χ3n) is 8.11. The van der Waals surface area contributed by atoms with Crippen molar-refractivity contribution in [2.75, 3.05) is 13.2 Å². The zero-order valence-electron chi connectivity index (χ0n) is 25.2. The molecule has 1 saturated heterocycles. The van der Waals surface area contributed by atoms with Gasteiger partial charge in [0.15, 0.2) is 0 Å². The van der Waals surface area contributed by atoms with E-state index in [2.05, 4.69) is 16.4 Å². The fraction of sp³-hybridized carbons (Fsp3) is 0.353. The Labute approximate surface area is 259 Å². The van der Waals surface area contributed by atoms with Crippen molar-refractivity contribution in [2.45, 2.75) is 64.1 Å². The van der Waals surface area contributed by atoms with E-state index in [1.807, 2.05) is 64.1 Å². The van der Waals surface area contributed by atoms with Gasteiger partial charge in [0.2, 0.25) is 0 Å². The number of aryl methyl sites for hydroxylation is 1. The predicted molar refractivity (Wildman–Crippen MR) is 168 cm³/mol. The smallest absolute Gasteiger partial charge is 0.410 e. The first kappa shape index (κ1) is 29.6. The van der Waals surface area contributed by atoms with Crippen LogP contribution in [0.4, 0.5) is 4.79 Å². The number of hydrogen-bond acceptors (Lipinski definition) is 7. The second kappa shape index (κ2) is 11.2. The third-order valence-corrected chi connectivity index (χ3v) is 9.23. The van der Waals surface area contributed by atoms with Crippen molar-refractivity contribution in [1.29, 1.82) is 0 Å². The number of carbonyl (C=O) groups excluding carboxylic acids is 2. The number of carboxylic acid groups (broad SMARTS) is 1. The maximum Gasteiger partial charge on any atom is 0.410 e. The molecule has 2 aliphatic rings. The van der Waals surface area contributed by atoms with E-state index in [4.69, 9.17) is 9.47 Å². The number of carboxylic acids is 1. The maximum absolute atomic E-state index is 13.8. The summed E-state index contributed by atoms with van der Waals surface area (Å²) in [6, 6.07) is 16.7. The fourth-order valence-electron chi connectivity index (χ4n) is 5.50. The van der Waals surface area contributed by atoms with Crippen molar-refractivity contribution in [3.05, 3.63) is 82.4 Å². The van der Waals surface area contributed by atoms with Crippen LogP contribution in [0.15, 0.2) is 60.8 Å². The van der Waals surface area contributed by atoms with Gasteiger partial charge in [-0.2, -0.15) is 0 Å². The highest BCUT2D eigenvalue weighted by molar-refractivity contribution is 7.17. The SMILES string of the molecule is Cc1ccc(OCC2CCN2C(=O)OC(C)(C)C)cc1C(=O)NC1(c2cc(-c3ccc(C(=O)O)s3)cc3ncccc23)CC1. The number of amides is 2. The van der Waals surface area contributed by atoms with Crippen molar-refractivity contribution >= 4 is 40.2 Å². The molecule has 10 heteroatoms. The summed E-state index contributed by atoms with van der Waals surface area (Å²) < 4.78 is 11.6. The van der Waals surface area contributed by atoms with Crippen LogP contribution >= 0.6 is 11.3 Å². The number of thiophene rings is 1. The molecule has 0 bridgehead atoms. The highest BCUT2D eigenvalue weighted by Crippen LogP contribution is 2.49. The highest BCUT2D eigenvalue weighted by Gasteiger charge is 2.47. The average Bonchev–Trinajstić information content (AvgIpc) is 3.54. The summed E-state index contributed by atoms with van der Waals surface area (Å²) in [4.78, 5) is 45.1. The Bertz CT molecular complexity index is 1770. The Morgan fingerprint density at radius 3 is 2.57 bits per heavy atom. The molecule has 1 atom stereocenters. The minimum Gasteiger partial charge on any atom is -0.491 e. The van der Waals surface area contributed by atoms with Crippen LogP contribution in [0.5, 0.6) is 5.75 Å². The summed E-state index contributed by atoms with van der Waals surface area (Å²) in [6.07, 6.45) is 3.76. The van der Waals surface area contributed by atoms with Gasteiger partial charge in [-0.05, 0) is 106 Å². The van der Waals surface area contributed by atoms with Gasteiger partial charge in [-0.3, -0.25) is 9.78 Å². The molecule has 2 aromatic carbocycles. The first-order valence-corrected chi connectivity index (χ1v) is 15.5. The normalized spacial score (nSPS) is 17.1. The topological polar surface area (TPSA) is 118 Å². The number of fused-ring (bicyclic) bond motifs is 1. The molecule has 2 amide bonds. The number of carbonyl (C=O) groups is 3. The molecular formula is C34H35N3O6S. The van der Waals surface area contributed by atoms with Gasteiger partial charge in [-0.1, -0.05) is 12.1 Å². The van der Waals surface area contributed by atoms with E-state index >= 15 is 0 Å². The Morgan fingerprint density at radius 2 is 1.91 bits per heavy atom. The number of aromatic nitrogens is 1. The van der Waals surface area contributed by atoms with E-state index in [9.17, 15) is 19.5 Å². The number of rotatable bonds is 8. The van der Waals surface area contributed by atoms with E-state index < -0.39 is 17.1 Å². The van der Waals surface area contributed by atoms with Crippen molar-refractivity contribution in [1.82, 2.24) is 15.2 Å². The molecule has 2 aromatic heterocycles. The molecule has 9 nitrogen and oxygen atoms in total. The van der Waals surface area contributed by atoms with E-state index in [1.165, 1.54) is 11.3 Å². The number of hydrogen-bond donors (Lipinski definition) is 2. The average molecular weight is 614 g/mol. The van der Waals surface area contributed by atoms with Crippen LogP contribution in [0.3, 0.4) is 0 Å². The van der Waals surface area contributed by atoms with Gasteiger partial charge in [0.1, 0.15) is 22.8 Å². The number of aromatic carboxylic acids is 1. The second-order valence-electron chi connectivity index (χ2n) is 12.5. The molecule has 0 radical (unpaired) electrons. The molecule has 1 unspecified atom stereocenters. The lowest BCUT2D eigenvalue weighted by Gasteiger charge is -2.41. The van der Waals surface area contributed by atoms with Crippen molar-refractivity contribution in [3.8, 4) is 16.2 Å². The maximum atomic E-state index is 13.8. The standard InChI is InChI=1S/C34H35N3O6S/c1-20-7-8-23(42-19-22-11-15-37(22)32(41)43-33(2,3)4)18-25(20)30(38)36-34(12-13-34)26-16-21(17-27-24(26)6-5-14-35-27)28-9-10-29(44-28)31(39)40/h5-10,14,16-18,22H,11-13,15,19H2,1-4H3,(H,36,38)(H,39,40). The molecule has 6 rings (SSSR count).